The standard InChI is InChI=1S/C13H16BrN3/c1-8-4-10(14)5-9(2)11(8)6-13-12(15)7-17(3)16-13/h4-5,7H,6,15H2,1-3H3. The van der Waals surface area contributed by atoms with Crippen molar-refractivity contribution < 1.29 is 0 Å². The summed E-state index contributed by atoms with van der Waals surface area (Å²) in [4.78, 5) is 0. The Bertz CT molecular complexity index is 535. The van der Waals surface area contributed by atoms with Crippen LogP contribution in [-0.2, 0) is 13.5 Å². The number of aromatic nitrogens is 2. The lowest BCUT2D eigenvalue weighted by Crippen LogP contribution is -2.00. The molecule has 1 heterocycles. The Morgan fingerprint density at radius 2 is 1.88 bits per heavy atom. The average molecular weight is 294 g/mol. The van der Waals surface area contributed by atoms with Gasteiger partial charge in [0.1, 0.15) is 0 Å². The molecule has 0 aliphatic carbocycles. The molecule has 0 spiro atoms. The van der Waals surface area contributed by atoms with Crippen LogP contribution in [0, 0.1) is 13.8 Å². The van der Waals surface area contributed by atoms with E-state index in [-0.39, 0.29) is 0 Å². The smallest absolute Gasteiger partial charge is 0.0897 e. The minimum Gasteiger partial charge on any atom is -0.396 e. The van der Waals surface area contributed by atoms with E-state index in [2.05, 4.69) is 47.0 Å². The fourth-order valence-corrected chi connectivity index (χ4v) is 2.76. The van der Waals surface area contributed by atoms with Gasteiger partial charge in [0, 0.05) is 24.1 Å². The van der Waals surface area contributed by atoms with Crippen molar-refractivity contribution in [2.75, 3.05) is 5.73 Å². The van der Waals surface area contributed by atoms with Crippen LogP contribution in [0.3, 0.4) is 0 Å². The van der Waals surface area contributed by atoms with Crippen LogP contribution >= 0.6 is 15.9 Å². The van der Waals surface area contributed by atoms with Crippen LogP contribution in [-0.4, -0.2) is 9.78 Å². The van der Waals surface area contributed by atoms with Crippen LogP contribution in [0.15, 0.2) is 22.8 Å². The van der Waals surface area contributed by atoms with E-state index in [1.54, 1.807) is 4.68 Å². The van der Waals surface area contributed by atoms with Crippen molar-refractivity contribution in [2.24, 2.45) is 7.05 Å². The molecule has 2 rings (SSSR count). The van der Waals surface area contributed by atoms with E-state index in [4.69, 9.17) is 5.73 Å². The highest BCUT2D eigenvalue weighted by Crippen LogP contribution is 2.24. The Labute approximate surface area is 110 Å². The Balaban J connectivity index is 2.39. The first-order chi connectivity index (χ1) is 7.97. The monoisotopic (exact) mass is 293 g/mol. The first-order valence-electron chi connectivity index (χ1n) is 5.51. The van der Waals surface area contributed by atoms with Crippen LogP contribution in [0.5, 0.6) is 0 Å². The second-order valence-corrected chi connectivity index (χ2v) is 5.32. The fraction of sp³-hybridized carbons (Fsp3) is 0.308. The van der Waals surface area contributed by atoms with Gasteiger partial charge in [0.05, 0.1) is 11.4 Å². The third-order valence-corrected chi connectivity index (χ3v) is 3.40. The Kier molecular flexibility index (Phi) is 3.24. The summed E-state index contributed by atoms with van der Waals surface area (Å²) in [6.07, 6.45) is 2.64. The molecule has 0 aliphatic heterocycles. The van der Waals surface area contributed by atoms with Crippen LogP contribution in [0.4, 0.5) is 5.69 Å². The quantitative estimate of drug-likeness (QED) is 0.925. The van der Waals surface area contributed by atoms with Crippen LogP contribution in [0.25, 0.3) is 0 Å². The van der Waals surface area contributed by atoms with Gasteiger partial charge in [0.2, 0.25) is 0 Å². The van der Waals surface area contributed by atoms with E-state index in [0.29, 0.717) is 0 Å². The fourth-order valence-electron chi connectivity index (χ4n) is 2.08. The number of halogens is 1. The van der Waals surface area contributed by atoms with Gasteiger partial charge in [-0.1, -0.05) is 15.9 Å². The predicted octanol–water partition coefficient (Wildman–Crippen LogP) is 2.97. The summed E-state index contributed by atoms with van der Waals surface area (Å²) in [5.74, 6) is 0. The first-order valence-corrected chi connectivity index (χ1v) is 6.30. The summed E-state index contributed by atoms with van der Waals surface area (Å²) >= 11 is 3.51. The number of nitrogens with two attached hydrogens (primary N) is 1. The topological polar surface area (TPSA) is 43.8 Å². The highest BCUT2D eigenvalue weighted by atomic mass is 79.9. The summed E-state index contributed by atoms with van der Waals surface area (Å²) in [6.45, 7) is 4.23. The number of nitrogen functional groups attached to an aromatic ring is 1. The van der Waals surface area contributed by atoms with E-state index in [0.717, 1.165) is 22.3 Å². The van der Waals surface area contributed by atoms with E-state index in [1.165, 1.54) is 16.7 Å². The molecule has 0 saturated heterocycles. The zero-order chi connectivity index (χ0) is 12.6. The molecular formula is C13H16BrN3. The van der Waals surface area contributed by atoms with E-state index < -0.39 is 0 Å². The second-order valence-electron chi connectivity index (χ2n) is 4.40. The molecule has 90 valence electrons. The SMILES string of the molecule is Cc1cc(Br)cc(C)c1Cc1nn(C)cc1N. The zero-order valence-electron chi connectivity index (χ0n) is 10.3. The van der Waals surface area contributed by atoms with Gasteiger partial charge < -0.3 is 5.73 Å². The molecule has 0 radical (unpaired) electrons. The van der Waals surface area contributed by atoms with E-state index in [1.807, 2.05) is 13.2 Å². The normalized spacial score (nSPS) is 10.8. The highest BCUT2D eigenvalue weighted by molar-refractivity contribution is 9.10. The lowest BCUT2D eigenvalue weighted by atomic mass is 9.98. The number of rotatable bonds is 2. The molecule has 0 atom stereocenters. The molecule has 0 fully saturated rings. The summed E-state index contributed by atoms with van der Waals surface area (Å²) in [5, 5.41) is 4.39. The molecule has 1 aromatic heterocycles. The summed E-state index contributed by atoms with van der Waals surface area (Å²) in [7, 11) is 1.89. The lowest BCUT2D eigenvalue weighted by molar-refractivity contribution is 0.748. The third kappa shape index (κ3) is 2.52. The Hall–Kier alpha value is -1.29. The van der Waals surface area contributed by atoms with Crippen molar-refractivity contribution in [1.82, 2.24) is 9.78 Å². The van der Waals surface area contributed by atoms with Crippen molar-refractivity contribution >= 4 is 21.6 Å². The van der Waals surface area contributed by atoms with Gasteiger partial charge in [-0.15, -0.1) is 0 Å². The van der Waals surface area contributed by atoms with Crippen molar-refractivity contribution in [3.63, 3.8) is 0 Å². The van der Waals surface area contributed by atoms with Gasteiger partial charge in [-0.2, -0.15) is 5.10 Å². The largest absolute Gasteiger partial charge is 0.396 e. The summed E-state index contributed by atoms with van der Waals surface area (Å²) in [5.41, 5.74) is 11.5. The Morgan fingerprint density at radius 1 is 1.29 bits per heavy atom. The molecule has 0 unspecified atom stereocenters. The molecule has 17 heavy (non-hydrogen) atoms. The third-order valence-electron chi connectivity index (χ3n) is 2.94. The molecule has 0 aliphatic rings. The van der Waals surface area contributed by atoms with Crippen LogP contribution in [0.1, 0.15) is 22.4 Å². The maximum atomic E-state index is 5.93. The van der Waals surface area contributed by atoms with E-state index in [9.17, 15) is 0 Å². The van der Waals surface area contributed by atoms with Crippen molar-refractivity contribution in [3.05, 3.63) is 45.2 Å². The lowest BCUT2D eigenvalue weighted by Gasteiger charge is -2.09. The number of hydrogen-bond acceptors (Lipinski definition) is 2. The van der Waals surface area contributed by atoms with E-state index >= 15 is 0 Å². The van der Waals surface area contributed by atoms with Crippen LogP contribution in [0.2, 0.25) is 0 Å². The van der Waals surface area contributed by atoms with Gasteiger partial charge in [0.15, 0.2) is 0 Å². The average Bonchev–Trinajstić information content (AvgIpc) is 2.51. The molecule has 2 aromatic rings. The number of nitrogens with zero attached hydrogens (tertiary/aromatic N) is 2. The highest BCUT2D eigenvalue weighted by Gasteiger charge is 2.10. The molecule has 1 aromatic carbocycles. The summed E-state index contributed by atoms with van der Waals surface area (Å²) in [6, 6.07) is 4.25. The maximum absolute atomic E-state index is 5.93. The van der Waals surface area contributed by atoms with Crippen molar-refractivity contribution in [2.45, 2.75) is 20.3 Å². The van der Waals surface area contributed by atoms with Crippen LogP contribution < -0.4 is 5.73 Å². The number of hydrogen-bond donors (Lipinski definition) is 1. The van der Waals surface area contributed by atoms with Gasteiger partial charge in [0.25, 0.3) is 0 Å². The molecule has 2 N–H and O–H groups in total. The molecule has 0 amide bonds. The number of aryl methyl sites for hydroxylation is 3. The molecule has 0 bridgehead atoms. The molecule has 0 saturated carbocycles. The minimum absolute atomic E-state index is 0.759. The molecule has 3 nitrogen and oxygen atoms in total. The number of anilines is 1. The maximum Gasteiger partial charge on any atom is 0.0897 e. The van der Waals surface area contributed by atoms with Gasteiger partial charge in [-0.05, 0) is 42.7 Å². The van der Waals surface area contributed by atoms with Gasteiger partial charge >= 0.3 is 0 Å². The predicted molar refractivity (Wildman–Crippen MR) is 74.0 cm³/mol. The zero-order valence-corrected chi connectivity index (χ0v) is 11.9. The molecular weight excluding hydrogens is 278 g/mol. The minimum atomic E-state index is 0.759. The second kappa shape index (κ2) is 4.53. The molecule has 4 heteroatoms. The first kappa shape index (κ1) is 12.2. The van der Waals surface area contributed by atoms with Crippen molar-refractivity contribution in [3.8, 4) is 0 Å². The van der Waals surface area contributed by atoms with Crippen molar-refractivity contribution in [1.29, 1.82) is 0 Å². The summed E-state index contributed by atoms with van der Waals surface area (Å²) < 4.78 is 2.87. The number of benzene rings is 1. The Morgan fingerprint density at radius 3 is 2.35 bits per heavy atom. The van der Waals surface area contributed by atoms with Gasteiger partial charge in [-0.3, -0.25) is 4.68 Å². The van der Waals surface area contributed by atoms with Gasteiger partial charge in [-0.25, -0.2) is 0 Å².